The van der Waals surface area contributed by atoms with Crippen LogP contribution in [0.3, 0.4) is 0 Å². The molecule has 21 heavy (non-hydrogen) atoms. The van der Waals surface area contributed by atoms with Gasteiger partial charge in [-0.25, -0.2) is 0 Å². The number of carbonyl (C=O) groups excluding carboxylic acids is 2. The lowest BCUT2D eigenvalue weighted by Crippen LogP contribution is -2.28. The highest BCUT2D eigenvalue weighted by Gasteiger charge is 2.25. The van der Waals surface area contributed by atoms with Crippen molar-refractivity contribution in [1.29, 1.82) is 0 Å². The summed E-state index contributed by atoms with van der Waals surface area (Å²) in [5.74, 6) is 0.290. The molecule has 1 saturated heterocycles. The van der Waals surface area contributed by atoms with Gasteiger partial charge < -0.3 is 19.7 Å². The number of hydrogen-bond acceptors (Lipinski definition) is 4. The second kappa shape index (κ2) is 5.73. The minimum absolute atomic E-state index is 0.101. The lowest BCUT2D eigenvalue weighted by Gasteiger charge is -2.14. The van der Waals surface area contributed by atoms with Crippen molar-refractivity contribution in [3.63, 3.8) is 0 Å². The highest BCUT2D eigenvalue weighted by atomic mass is 16.5. The molecule has 6 nitrogen and oxygen atoms in total. The third-order valence-corrected chi connectivity index (χ3v) is 3.73. The van der Waals surface area contributed by atoms with Crippen LogP contribution in [0.2, 0.25) is 0 Å². The normalized spacial score (nSPS) is 21.5. The zero-order chi connectivity index (χ0) is 14.8. The molecule has 1 fully saturated rings. The molecular weight excluding hydrogens is 272 g/mol. The van der Waals surface area contributed by atoms with E-state index in [4.69, 9.17) is 9.47 Å². The number of carbonyl (C=O) groups is 2. The van der Waals surface area contributed by atoms with E-state index in [0.29, 0.717) is 36.8 Å². The van der Waals surface area contributed by atoms with Crippen LogP contribution in [0.4, 0.5) is 5.69 Å². The number of amides is 2. The number of rotatable bonds is 2. The molecule has 1 aromatic carbocycles. The highest BCUT2D eigenvalue weighted by molar-refractivity contribution is 6.00. The largest absolute Gasteiger partial charge is 0.491 e. The molecule has 1 atom stereocenters. The SMILES string of the molecule is CN1CCOc2ccc(NC(=O)[C@@H]3CCCO3)cc2C1=O. The third kappa shape index (κ3) is 2.85. The molecule has 0 radical (unpaired) electrons. The highest BCUT2D eigenvalue weighted by Crippen LogP contribution is 2.26. The van der Waals surface area contributed by atoms with E-state index in [1.807, 2.05) is 0 Å². The van der Waals surface area contributed by atoms with Crippen molar-refractivity contribution >= 4 is 17.5 Å². The van der Waals surface area contributed by atoms with E-state index in [-0.39, 0.29) is 11.8 Å². The predicted molar refractivity (Wildman–Crippen MR) is 76.5 cm³/mol. The standard InChI is InChI=1S/C15H18N2O4/c1-17-6-8-21-12-5-4-10(9-11(12)15(17)19)16-14(18)13-3-2-7-20-13/h4-5,9,13H,2-3,6-8H2,1H3,(H,16,18)/t13-/m0/s1. The van der Waals surface area contributed by atoms with Gasteiger partial charge >= 0.3 is 0 Å². The quantitative estimate of drug-likeness (QED) is 0.890. The summed E-state index contributed by atoms with van der Waals surface area (Å²) in [5, 5.41) is 2.80. The number of nitrogens with zero attached hydrogens (tertiary/aromatic N) is 1. The number of hydrogen-bond donors (Lipinski definition) is 1. The number of ether oxygens (including phenoxy) is 2. The Bertz CT molecular complexity index is 567. The Labute approximate surface area is 123 Å². The van der Waals surface area contributed by atoms with Crippen molar-refractivity contribution in [2.75, 3.05) is 32.1 Å². The van der Waals surface area contributed by atoms with Crippen LogP contribution < -0.4 is 10.1 Å². The molecule has 1 aromatic rings. The smallest absolute Gasteiger partial charge is 0.257 e. The minimum atomic E-state index is -0.390. The second-order valence-corrected chi connectivity index (χ2v) is 5.28. The van der Waals surface area contributed by atoms with E-state index in [2.05, 4.69) is 5.32 Å². The summed E-state index contributed by atoms with van der Waals surface area (Å²) in [7, 11) is 1.73. The molecule has 2 aliphatic rings. The first-order valence-corrected chi connectivity index (χ1v) is 7.10. The van der Waals surface area contributed by atoms with Crippen molar-refractivity contribution in [2.45, 2.75) is 18.9 Å². The fourth-order valence-electron chi connectivity index (χ4n) is 2.51. The Hall–Kier alpha value is -2.08. The third-order valence-electron chi connectivity index (χ3n) is 3.73. The van der Waals surface area contributed by atoms with E-state index in [0.717, 1.165) is 12.8 Å². The summed E-state index contributed by atoms with van der Waals surface area (Å²) in [4.78, 5) is 25.9. The lowest BCUT2D eigenvalue weighted by molar-refractivity contribution is -0.124. The number of benzene rings is 1. The number of likely N-dealkylation sites (N-methyl/N-ethyl adjacent to an activating group) is 1. The molecule has 0 spiro atoms. The van der Waals surface area contributed by atoms with E-state index in [1.54, 1.807) is 30.1 Å². The molecule has 3 rings (SSSR count). The van der Waals surface area contributed by atoms with Crippen molar-refractivity contribution in [3.05, 3.63) is 23.8 Å². The van der Waals surface area contributed by atoms with Gasteiger partial charge in [0.1, 0.15) is 18.5 Å². The minimum Gasteiger partial charge on any atom is -0.491 e. The molecule has 2 heterocycles. The predicted octanol–water partition coefficient (Wildman–Crippen LogP) is 1.27. The monoisotopic (exact) mass is 290 g/mol. The maximum absolute atomic E-state index is 12.2. The fraction of sp³-hybridized carbons (Fsp3) is 0.467. The molecule has 1 N–H and O–H groups in total. The van der Waals surface area contributed by atoms with Gasteiger partial charge in [-0.15, -0.1) is 0 Å². The van der Waals surface area contributed by atoms with Crippen LogP contribution in [0, 0.1) is 0 Å². The first-order chi connectivity index (χ1) is 10.1. The molecule has 112 valence electrons. The Morgan fingerprint density at radius 3 is 3.00 bits per heavy atom. The summed E-state index contributed by atoms with van der Waals surface area (Å²) >= 11 is 0. The van der Waals surface area contributed by atoms with Crippen LogP contribution in [0.25, 0.3) is 0 Å². The van der Waals surface area contributed by atoms with Crippen LogP contribution in [-0.2, 0) is 9.53 Å². The van der Waals surface area contributed by atoms with Crippen molar-refractivity contribution < 1.29 is 19.1 Å². The zero-order valence-electron chi connectivity index (χ0n) is 11.9. The van der Waals surface area contributed by atoms with Gasteiger partial charge in [0.15, 0.2) is 0 Å². The van der Waals surface area contributed by atoms with Crippen LogP contribution in [0.15, 0.2) is 18.2 Å². The zero-order valence-corrected chi connectivity index (χ0v) is 11.9. The van der Waals surface area contributed by atoms with Crippen LogP contribution >= 0.6 is 0 Å². The van der Waals surface area contributed by atoms with Crippen LogP contribution in [-0.4, -0.2) is 49.6 Å². The Balaban J connectivity index is 1.80. The van der Waals surface area contributed by atoms with Gasteiger partial charge in [-0.1, -0.05) is 0 Å². The maximum Gasteiger partial charge on any atom is 0.257 e. The van der Waals surface area contributed by atoms with E-state index < -0.39 is 6.10 Å². The summed E-state index contributed by atoms with van der Waals surface area (Å²) in [5.41, 5.74) is 1.06. The molecule has 2 amide bonds. The number of fused-ring (bicyclic) bond motifs is 1. The molecule has 2 aliphatic heterocycles. The van der Waals surface area contributed by atoms with Crippen molar-refractivity contribution in [3.8, 4) is 5.75 Å². The Morgan fingerprint density at radius 2 is 2.24 bits per heavy atom. The molecular formula is C15H18N2O4. The maximum atomic E-state index is 12.2. The first-order valence-electron chi connectivity index (χ1n) is 7.10. The van der Waals surface area contributed by atoms with Crippen molar-refractivity contribution in [2.24, 2.45) is 0 Å². The van der Waals surface area contributed by atoms with Crippen LogP contribution in [0.5, 0.6) is 5.75 Å². The number of anilines is 1. The van der Waals surface area contributed by atoms with Gasteiger partial charge in [-0.2, -0.15) is 0 Å². The molecule has 0 aliphatic carbocycles. The number of nitrogens with one attached hydrogen (secondary N) is 1. The van der Waals surface area contributed by atoms with Crippen molar-refractivity contribution in [1.82, 2.24) is 4.90 Å². The Kier molecular flexibility index (Phi) is 3.79. The lowest BCUT2D eigenvalue weighted by atomic mass is 10.1. The molecule has 0 bridgehead atoms. The van der Waals surface area contributed by atoms with Gasteiger partial charge in [0.2, 0.25) is 0 Å². The second-order valence-electron chi connectivity index (χ2n) is 5.28. The van der Waals surface area contributed by atoms with Gasteiger partial charge in [0, 0.05) is 19.3 Å². The van der Waals surface area contributed by atoms with E-state index >= 15 is 0 Å². The van der Waals surface area contributed by atoms with Gasteiger partial charge in [-0.05, 0) is 31.0 Å². The molecule has 0 unspecified atom stereocenters. The molecule has 0 aromatic heterocycles. The van der Waals surface area contributed by atoms with Gasteiger partial charge in [0.25, 0.3) is 11.8 Å². The summed E-state index contributed by atoms with van der Waals surface area (Å²) in [6, 6.07) is 5.12. The molecule has 0 saturated carbocycles. The topological polar surface area (TPSA) is 67.9 Å². The fourth-order valence-corrected chi connectivity index (χ4v) is 2.51. The first kappa shape index (κ1) is 13.9. The summed E-state index contributed by atoms with van der Waals surface area (Å²) in [6.45, 7) is 1.64. The van der Waals surface area contributed by atoms with E-state index in [1.165, 1.54) is 0 Å². The van der Waals surface area contributed by atoms with Crippen LogP contribution in [0.1, 0.15) is 23.2 Å². The summed E-state index contributed by atoms with van der Waals surface area (Å²) < 4.78 is 10.9. The average Bonchev–Trinajstić information content (AvgIpc) is 2.97. The molecule has 6 heteroatoms. The Morgan fingerprint density at radius 1 is 1.38 bits per heavy atom. The average molecular weight is 290 g/mol. The van der Waals surface area contributed by atoms with Gasteiger partial charge in [0.05, 0.1) is 12.1 Å². The summed E-state index contributed by atoms with van der Waals surface area (Å²) in [6.07, 6.45) is 1.25. The van der Waals surface area contributed by atoms with Gasteiger partial charge in [-0.3, -0.25) is 9.59 Å². The van der Waals surface area contributed by atoms with E-state index in [9.17, 15) is 9.59 Å².